The highest BCUT2D eigenvalue weighted by Gasteiger charge is 2.33. The third-order valence-corrected chi connectivity index (χ3v) is 6.63. The number of anilines is 1. The minimum absolute atomic E-state index is 0.0194. The van der Waals surface area contributed by atoms with Gasteiger partial charge in [0.1, 0.15) is 6.04 Å². The van der Waals surface area contributed by atoms with Crippen molar-refractivity contribution in [1.82, 2.24) is 25.5 Å². The summed E-state index contributed by atoms with van der Waals surface area (Å²) in [4.78, 5) is 15.4. The number of likely N-dealkylation sites (tertiary alicyclic amines) is 1. The van der Waals surface area contributed by atoms with E-state index in [1.54, 1.807) is 0 Å². The number of aryl methyl sites for hydroxylation is 1. The molecule has 1 amide bonds. The predicted octanol–water partition coefficient (Wildman–Crippen LogP) is 3.61. The van der Waals surface area contributed by atoms with Crippen molar-refractivity contribution in [1.29, 1.82) is 0 Å². The van der Waals surface area contributed by atoms with Crippen LogP contribution in [0.3, 0.4) is 0 Å². The van der Waals surface area contributed by atoms with Gasteiger partial charge < -0.3 is 5.32 Å². The fraction of sp³-hybridized carbons (Fsp3) is 0.520. The molecule has 2 atom stereocenters. The molecular weight excluding hydrogens is 400 g/mol. The number of aromatic nitrogens is 2. The van der Waals surface area contributed by atoms with Crippen LogP contribution in [0.4, 0.5) is 5.69 Å². The molecule has 3 heterocycles. The van der Waals surface area contributed by atoms with E-state index in [4.69, 9.17) is 0 Å². The number of hydrogen-bond donors (Lipinski definition) is 3. The molecule has 1 aromatic heterocycles. The van der Waals surface area contributed by atoms with Crippen LogP contribution in [0.2, 0.25) is 0 Å². The van der Waals surface area contributed by atoms with Gasteiger partial charge in [0, 0.05) is 23.5 Å². The second kappa shape index (κ2) is 10.4. The van der Waals surface area contributed by atoms with Gasteiger partial charge in [0.15, 0.2) is 0 Å². The predicted molar refractivity (Wildman–Crippen MR) is 128 cm³/mol. The van der Waals surface area contributed by atoms with E-state index in [9.17, 15) is 4.79 Å². The van der Waals surface area contributed by atoms with Crippen molar-refractivity contribution >= 4 is 11.6 Å². The van der Waals surface area contributed by atoms with E-state index in [1.165, 1.54) is 44.3 Å². The van der Waals surface area contributed by atoms with Gasteiger partial charge in [0.05, 0.1) is 18.3 Å². The van der Waals surface area contributed by atoms with Crippen LogP contribution >= 0.6 is 0 Å². The van der Waals surface area contributed by atoms with Crippen molar-refractivity contribution in [2.75, 3.05) is 18.4 Å². The Balaban J connectivity index is 1.32. The minimum Gasteiger partial charge on any atom is -0.325 e. The Morgan fingerprint density at radius 1 is 1.16 bits per heavy atom. The summed E-state index contributed by atoms with van der Waals surface area (Å²) in [6, 6.07) is 8.05. The maximum atomic E-state index is 12.9. The molecule has 2 fully saturated rings. The Bertz CT molecular complexity index is 927. The molecule has 4 rings (SSSR count). The third-order valence-electron chi connectivity index (χ3n) is 6.63. The molecule has 3 N–H and O–H groups in total. The Kier molecular flexibility index (Phi) is 7.40. The lowest BCUT2D eigenvalue weighted by atomic mass is 10.00. The third kappa shape index (κ3) is 5.28. The van der Waals surface area contributed by atoms with E-state index in [0.29, 0.717) is 13.0 Å². The first-order valence-electron chi connectivity index (χ1n) is 11.8. The molecule has 7 nitrogen and oxygen atoms in total. The highest BCUT2D eigenvalue weighted by atomic mass is 16.2. The summed E-state index contributed by atoms with van der Waals surface area (Å²) in [7, 11) is 0. The number of rotatable bonds is 7. The fourth-order valence-corrected chi connectivity index (χ4v) is 4.91. The van der Waals surface area contributed by atoms with Gasteiger partial charge in [-0.05, 0) is 63.9 Å². The van der Waals surface area contributed by atoms with Crippen molar-refractivity contribution in [3.05, 3.63) is 59.4 Å². The number of carbonyl (C=O) groups is 1. The summed E-state index contributed by atoms with van der Waals surface area (Å²) in [5.74, 6) is -0.0194. The number of benzene rings is 1. The first-order chi connectivity index (χ1) is 15.5. The highest BCUT2D eigenvalue weighted by Crippen LogP contribution is 2.28. The number of carbonyl (C=O) groups excluding carboxylic acids is 1. The van der Waals surface area contributed by atoms with Crippen LogP contribution in [0.25, 0.3) is 0 Å². The molecule has 2 unspecified atom stereocenters. The van der Waals surface area contributed by atoms with Gasteiger partial charge in [-0.3, -0.25) is 14.4 Å². The average molecular weight is 437 g/mol. The van der Waals surface area contributed by atoms with Crippen LogP contribution in [0.15, 0.2) is 36.9 Å². The van der Waals surface area contributed by atoms with E-state index in [0.717, 1.165) is 29.2 Å². The van der Waals surface area contributed by atoms with Crippen molar-refractivity contribution < 1.29 is 4.79 Å². The lowest BCUT2D eigenvalue weighted by Gasteiger charge is -2.20. The van der Waals surface area contributed by atoms with Gasteiger partial charge in [-0.1, -0.05) is 31.1 Å². The average Bonchev–Trinajstić information content (AvgIpc) is 3.26. The van der Waals surface area contributed by atoms with E-state index in [-0.39, 0.29) is 18.0 Å². The molecule has 2 saturated heterocycles. The largest absolute Gasteiger partial charge is 0.325 e. The van der Waals surface area contributed by atoms with Crippen LogP contribution in [0.1, 0.15) is 60.7 Å². The number of hydrogen-bond acceptors (Lipinski definition) is 5. The quantitative estimate of drug-likeness (QED) is 0.578. The number of amides is 1. The standard InChI is InChI=1S/C25H36N6O/c1-4-13-31-19(3)24(18(2)29-31)22-16-23(28-27-22)25(32)26-21-11-9-20(10-12-21)17-30-14-7-5-6-8-15-30/h4,9-12,22-23,27-28H,1,5-8,13-17H2,2-3H3,(H,26,32). The van der Waals surface area contributed by atoms with Crippen LogP contribution in [-0.2, 0) is 17.9 Å². The van der Waals surface area contributed by atoms with E-state index < -0.39 is 0 Å². The van der Waals surface area contributed by atoms with Crippen LogP contribution in [0.5, 0.6) is 0 Å². The van der Waals surface area contributed by atoms with Gasteiger partial charge >= 0.3 is 0 Å². The summed E-state index contributed by atoms with van der Waals surface area (Å²) in [5, 5.41) is 7.67. The van der Waals surface area contributed by atoms with Crippen molar-refractivity contribution in [3.8, 4) is 0 Å². The van der Waals surface area contributed by atoms with Crippen LogP contribution < -0.4 is 16.2 Å². The second-order valence-electron chi connectivity index (χ2n) is 9.06. The molecule has 0 aliphatic carbocycles. The number of nitrogens with zero attached hydrogens (tertiary/aromatic N) is 3. The Labute approximate surface area is 191 Å². The zero-order valence-corrected chi connectivity index (χ0v) is 19.4. The van der Waals surface area contributed by atoms with Crippen molar-refractivity contribution in [3.63, 3.8) is 0 Å². The zero-order chi connectivity index (χ0) is 22.5. The molecule has 2 aliphatic rings. The summed E-state index contributed by atoms with van der Waals surface area (Å²) >= 11 is 0. The number of hydrazine groups is 1. The number of nitrogens with one attached hydrogen (secondary N) is 3. The van der Waals surface area contributed by atoms with Gasteiger partial charge in [-0.15, -0.1) is 6.58 Å². The SMILES string of the molecule is C=CCn1nc(C)c(C2CC(C(=O)Nc3ccc(CN4CCCCCC4)cc3)NN2)c1C. The monoisotopic (exact) mass is 436 g/mol. The normalized spacial score (nSPS) is 21.9. The Morgan fingerprint density at radius 2 is 1.88 bits per heavy atom. The number of allylic oxidation sites excluding steroid dienone is 1. The summed E-state index contributed by atoms with van der Waals surface area (Å²) in [5.41, 5.74) is 11.9. The van der Waals surface area contributed by atoms with Gasteiger partial charge in [-0.2, -0.15) is 5.10 Å². The molecule has 0 saturated carbocycles. The molecule has 2 aliphatic heterocycles. The molecular formula is C25H36N6O. The molecule has 32 heavy (non-hydrogen) atoms. The first-order valence-corrected chi connectivity index (χ1v) is 11.8. The van der Waals surface area contributed by atoms with Gasteiger partial charge in [0.25, 0.3) is 0 Å². The fourth-order valence-electron chi connectivity index (χ4n) is 4.91. The lowest BCUT2D eigenvalue weighted by Crippen LogP contribution is -2.39. The smallest absolute Gasteiger partial charge is 0.242 e. The van der Waals surface area contributed by atoms with E-state index in [2.05, 4.69) is 51.8 Å². The Morgan fingerprint density at radius 3 is 2.56 bits per heavy atom. The molecule has 0 bridgehead atoms. The topological polar surface area (TPSA) is 74.2 Å². The second-order valence-corrected chi connectivity index (χ2v) is 9.06. The van der Waals surface area contributed by atoms with Crippen LogP contribution in [0, 0.1) is 13.8 Å². The first kappa shape index (κ1) is 22.7. The summed E-state index contributed by atoms with van der Waals surface area (Å²) in [6.07, 6.45) is 7.82. The van der Waals surface area contributed by atoms with Crippen molar-refractivity contribution in [2.24, 2.45) is 0 Å². The molecule has 2 aromatic rings. The summed E-state index contributed by atoms with van der Waals surface area (Å²) in [6.45, 7) is 11.9. The van der Waals surface area contributed by atoms with E-state index in [1.807, 2.05) is 29.8 Å². The molecule has 172 valence electrons. The Hall–Kier alpha value is -2.48. The zero-order valence-electron chi connectivity index (χ0n) is 19.4. The molecule has 7 heteroatoms. The molecule has 1 aromatic carbocycles. The van der Waals surface area contributed by atoms with Gasteiger partial charge in [0.2, 0.25) is 5.91 Å². The summed E-state index contributed by atoms with van der Waals surface area (Å²) < 4.78 is 1.96. The van der Waals surface area contributed by atoms with E-state index >= 15 is 0 Å². The van der Waals surface area contributed by atoms with Gasteiger partial charge in [-0.25, -0.2) is 10.9 Å². The molecule has 0 spiro atoms. The minimum atomic E-state index is -0.293. The molecule has 0 radical (unpaired) electrons. The highest BCUT2D eigenvalue weighted by molar-refractivity contribution is 5.95. The van der Waals surface area contributed by atoms with Crippen LogP contribution in [-0.4, -0.2) is 39.7 Å². The maximum absolute atomic E-state index is 12.9. The van der Waals surface area contributed by atoms with Crippen molar-refractivity contribution in [2.45, 2.75) is 71.1 Å². The maximum Gasteiger partial charge on any atom is 0.242 e. The lowest BCUT2D eigenvalue weighted by molar-refractivity contribution is -0.117.